The fourth-order valence-electron chi connectivity index (χ4n) is 2.31. The minimum Gasteiger partial charge on any atom is -0.247 e. The van der Waals surface area contributed by atoms with E-state index in [0.29, 0.717) is 0 Å². The van der Waals surface area contributed by atoms with Crippen LogP contribution in [0.5, 0.6) is 0 Å². The van der Waals surface area contributed by atoms with Gasteiger partial charge in [-0.3, -0.25) is 0 Å². The summed E-state index contributed by atoms with van der Waals surface area (Å²) in [5, 5.41) is 9.18. The summed E-state index contributed by atoms with van der Waals surface area (Å²) in [5.74, 6) is 0. The van der Waals surface area contributed by atoms with Crippen LogP contribution in [0.15, 0.2) is 54.6 Å². The molecule has 0 aliphatic heterocycles. The van der Waals surface area contributed by atoms with Gasteiger partial charge in [-0.25, -0.2) is 4.68 Å². The Hall–Kier alpha value is -2.13. The fraction of sp³-hybridized carbons (Fsp3) is 0.125. The summed E-state index contributed by atoms with van der Waals surface area (Å²) in [6, 6.07) is 18.0. The molecule has 0 saturated heterocycles. The zero-order chi connectivity index (χ0) is 13.9. The smallest absolute Gasteiger partial charge is 0.0950 e. The molecular weight excluding hydrogens is 270 g/mol. The summed E-state index contributed by atoms with van der Waals surface area (Å²) in [7, 11) is 1.91. The Labute approximate surface area is 122 Å². The summed E-state index contributed by atoms with van der Waals surface area (Å²) in [6.07, 6.45) is 0.721. The number of hydrogen-bond donors (Lipinski definition) is 0. The van der Waals surface area contributed by atoms with Crippen molar-refractivity contribution in [2.75, 3.05) is 0 Å². The first-order valence-corrected chi connectivity index (χ1v) is 6.80. The highest BCUT2D eigenvalue weighted by molar-refractivity contribution is 6.30. The minimum absolute atomic E-state index is 0.721. The molecule has 20 heavy (non-hydrogen) atoms. The number of rotatable bonds is 3. The first-order valence-electron chi connectivity index (χ1n) is 6.42. The van der Waals surface area contributed by atoms with Crippen LogP contribution < -0.4 is 0 Å². The maximum Gasteiger partial charge on any atom is 0.0950 e. The van der Waals surface area contributed by atoms with E-state index in [4.69, 9.17) is 11.6 Å². The highest BCUT2D eigenvalue weighted by Crippen LogP contribution is 2.24. The molecule has 0 atom stereocenters. The predicted molar refractivity (Wildman–Crippen MR) is 80.7 cm³/mol. The zero-order valence-corrected chi connectivity index (χ0v) is 11.9. The number of nitrogens with zero attached hydrogens (tertiary/aromatic N) is 3. The Morgan fingerprint density at radius 3 is 2.60 bits per heavy atom. The Morgan fingerprint density at radius 2 is 1.85 bits per heavy atom. The van der Waals surface area contributed by atoms with E-state index in [2.05, 4.69) is 28.5 Å². The van der Waals surface area contributed by atoms with Crippen molar-refractivity contribution in [3.8, 4) is 11.3 Å². The van der Waals surface area contributed by atoms with Crippen LogP contribution >= 0.6 is 11.6 Å². The Balaban J connectivity index is 1.99. The van der Waals surface area contributed by atoms with Crippen LogP contribution in [0.2, 0.25) is 5.02 Å². The molecule has 0 radical (unpaired) electrons. The Morgan fingerprint density at radius 1 is 1.05 bits per heavy atom. The van der Waals surface area contributed by atoms with Gasteiger partial charge in [-0.2, -0.15) is 0 Å². The highest BCUT2D eigenvalue weighted by Gasteiger charge is 2.13. The van der Waals surface area contributed by atoms with Gasteiger partial charge in [-0.05, 0) is 17.7 Å². The maximum atomic E-state index is 6.03. The number of hydrogen-bond acceptors (Lipinski definition) is 2. The molecule has 0 aliphatic rings. The molecule has 0 N–H and O–H groups in total. The average molecular weight is 284 g/mol. The molecule has 0 amide bonds. The first kappa shape index (κ1) is 12.9. The van der Waals surface area contributed by atoms with Gasteiger partial charge in [-0.1, -0.05) is 59.3 Å². The SMILES string of the molecule is Cn1nnc(Cc2cccc(Cl)c2)c1-c1ccccc1. The summed E-state index contributed by atoms with van der Waals surface area (Å²) in [5.41, 5.74) is 4.26. The molecular formula is C16H14ClN3. The van der Waals surface area contributed by atoms with E-state index in [1.54, 1.807) is 0 Å². The highest BCUT2D eigenvalue weighted by atomic mass is 35.5. The second-order valence-electron chi connectivity index (χ2n) is 4.68. The zero-order valence-electron chi connectivity index (χ0n) is 11.1. The molecule has 3 nitrogen and oxygen atoms in total. The van der Waals surface area contributed by atoms with Crippen molar-refractivity contribution in [2.24, 2.45) is 7.05 Å². The van der Waals surface area contributed by atoms with Crippen molar-refractivity contribution < 1.29 is 0 Å². The molecule has 2 aromatic carbocycles. The predicted octanol–water partition coefficient (Wildman–Crippen LogP) is 3.73. The molecule has 4 heteroatoms. The van der Waals surface area contributed by atoms with Gasteiger partial charge < -0.3 is 0 Å². The molecule has 1 heterocycles. The molecule has 3 rings (SSSR count). The lowest BCUT2D eigenvalue weighted by Crippen LogP contribution is -1.96. The van der Waals surface area contributed by atoms with Crippen LogP contribution in [0.4, 0.5) is 0 Å². The summed E-state index contributed by atoms with van der Waals surface area (Å²) < 4.78 is 1.81. The molecule has 0 bridgehead atoms. The third kappa shape index (κ3) is 2.58. The molecule has 0 unspecified atom stereocenters. The number of aryl methyl sites for hydroxylation is 1. The Kier molecular flexibility index (Phi) is 3.52. The third-order valence-corrected chi connectivity index (χ3v) is 3.44. The van der Waals surface area contributed by atoms with Gasteiger partial charge in [0.05, 0.1) is 11.4 Å². The van der Waals surface area contributed by atoms with Crippen molar-refractivity contribution in [3.05, 3.63) is 70.9 Å². The second kappa shape index (κ2) is 5.47. The van der Waals surface area contributed by atoms with E-state index < -0.39 is 0 Å². The lowest BCUT2D eigenvalue weighted by molar-refractivity contribution is 0.719. The molecule has 0 fully saturated rings. The standard InChI is InChI=1S/C16H14ClN3/c1-20-16(13-7-3-2-4-8-13)15(18-19-20)11-12-6-5-9-14(17)10-12/h2-10H,11H2,1H3. The van der Waals surface area contributed by atoms with Crippen LogP contribution in [-0.4, -0.2) is 15.0 Å². The fourth-order valence-corrected chi connectivity index (χ4v) is 2.52. The van der Waals surface area contributed by atoms with Gasteiger partial charge in [-0.15, -0.1) is 5.10 Å². The molecule has 3 aromatic rings. The van der Waals surface area contributed by atoms with Gasteiger partial charge in [0.15, 0.2) is 0 Å². The quantitative estimate of drug-likeness (QED) is 0.733. The van der Waals surface area contributed by atoms with E-state index in [-0.39, 0.29) is 0 Å². The van der Waals surface area contributed by atoms with Crippen LogP contribution in [-0.2, 0) is 13.5 Å². The molecule has 100 valence electrons. The van der Waals surface area contributed by atoms with E-state index >= 15 is 0 Å². The summed E-state index contributed by atoms with van der Waals surface area (Å²) >= 11 is 6.03. The van der Waals surface area contributed by atoms with E-state index in [1.165, 1.54) is 0 Å². The molecule has 0 spiro atoms. The van der Waals surface area contributed by atoms with E-state index in [9.17, 15) is 0 Å². The van der Waals surface area contributed by atoms with Crippen LogP contribution in [0.25, 0.3) is 11.3 Å². The van der Waals surface area contributed by atoms with Crippen molar-refractivity contribution in [1.82, 2.24) is 15.0 Å². The van der Waals surface area contributed by atoms with Crippen molar-refractivity contribution >= 4 is 11.6 Å². The van der Waals surface area contributed by atoms with Crippen molar-refractivity contribution in [2.45, 2.75) is 6.42 Å². The Bertz CT molecular complexity index is 720. The number of halogens is 1. The monoisotopic (exact) mass is 283 g/mol. The lowest BCUT2D eigenvalue weighted by atomic mass is 10.0. The maximum absolute atomic E-state index is 6.03. The van der Waals surface area contributed by atoms with Crippen molar-refractivity contribution in [3.63, 3.8) is 0 Å². The van der Waals surface area contributed by atoms with Crippen LogP contribution in [0, 0.1) is 0 Å². The number of aromatic nitrogens is 3. The van der Waals surface area contributed by atoms with Gasteiger partial charge >= 0.3 is 0 Å². The summed E-state index contributed by atoms with van der Waals surface area (Å²) in [4.78, 5) is 0. The van der Waals surface area contributed by atoms with Crippen LogP contribution in [0.1, 0.15) is 11.3 Å². The minimum atomic E-state index is 0.721. The van der Waals surface area contributed by atoms with Gasteiger partial charge in [0, 0.05) is 24.1 Å². The first-order chi connectivity index (χ1) is 9.74. The molecule has 0 aliphatic carbocycles. The van der Waals surface area contributed by atoms with Crippen LogP contribution in [0.3, 0.4) is 0 Å². The average Bonchev–Trinajstić information content (AvgIpc) is 2.81. The number of benzene rings is 2. The third-order valence-electron chi connectivity index (χ3n) is 3.20. The second-order valence-corrected chi connectivity index (χ2v) is 5.12. The lowest BCUT2D eigenvalue weighted by Gasteiger charge is -2.05. The normalized spacial score (nSPS) is 10.7. The molecule has 1 aromatic heterocycles. The van der Waals surface area contributed by atoms with Gasteiger partial charge in [0.2, 0.25) is 0 Å². The van der Waals surface area contributed by atoms with E-state index in [1.807, 2.05) is 48.1 Å². The molecule has 0 saturated carbocycles. The van der Waals surface area contributed by atoms with Gasteiger partial charge in [0.25, 0.3) is 0 Å². The van der Waals surface area contributed by atoms with Crippen molar-refractivity contribution in [1.29, 1.82) is 0 Å². The largest absolute Gasteiger partial charge is 0.247 e. The van der Waals surface area contributed by atoms with E-state index in [0.717, 1.165) is 34.0 Å². The summed E-state index contributed by atoms with van der Waals surface area (Å²) in [6.45, 7) is 0. The van der Waals surface area contributed by atoms with Gasteiger partial charge in [0.1, 0.15) is 0 Å². The topological polar surface area (TPSA) is 30.7 Å².